The maximum Gasteiger partial charge on any atom is 0.278 e. The highest BCUT2D eigenvalue weighted by atomic mass is 32.1. The molecule has 0 aliphatic rings. The Bertz CT molecular complexity index is 283. The van der Waals surface area contributed by atoms with Crippen molar-refractivity contribution in [2.24, 2.45) is 5.84 Å². The molecule has 0 spiro atoms. The fourth-order valence-electron chi connectivity index (χ4n) is 0.798. The molecular formula is C6H10N4OS. The molecule has 6 heteroatoms. The molecule has 0 radical (unpaired) electrons. The SMILES string of the molecule is CC(C)c1nnsc1C(=O)NN. The third-order valence-corrected chi connectivity index (χ3v) is 2.14. The fraction of sp³-hybridized carbons (Fsp3) is 0.500. The minimum atomic E-state index is -0.325. The van der Waals surface area contributed by atoms with Crippen molar-refractivity contribution in [1.29, 1.82) is 0 Å². The summed E-state index contributed by atoms with van der Waals surface area (Å²) < 4.78 is 3.69. The number of hydrazine groups is 1. The Morgan fingerprint density at radius 3 is 2.83 bits per heavy atom. The molecule has 1 aromatic rings. The summed E-state index contributed by atoms with van der Waals surface area (Å²) in [7, 11) is 0. The van der Waals surface area contributed by atoms with Crippen molar-refractivity contribution in [1.82, 2.24) is 15.0 Å². The average molecular weight is 186 g/mol. The number of nitrogens with two attached hydrogens (primary N) is 1. The number of hydrogen-bond acceptors (Lipinski definition) is 5. The van der Waals surface area contributed by atoms with E-state index < -0.39 is 0 Å². The van der Waals surface area contributed by atoms with Gasteiger partial charge in [0.1, 0.15) is 4.88 Å². The van der Waals surface area contributed by atoms with Crippen LogP contribution in [0.3, 0.4) is 0 Å². The van der Waals surface area contributed by atoms with Crippen molar-refractivity contribution < 1.29 is 4.79 Å². The van der Waals surface area contributed by atoms with Crippen molar-refractivity contribution in [3.05, 3.63) is 10.6 Å². The molecule has 0 aliphatic heterocycles. The van der Waals surface area contributed by atoms with Crippen LogP contribution in [0.25, 0.3) is 0 Å². The standard InChI is InChI=1S/C6H10N4OS/c1-3(2)4-5(6(11)8-7)12-10-9-4/h3H,7H2,1-2H3,(H,8,11). The van der Waals surface area contributed by atoms with Crippen LogP contribution in [0.15, 0.2) is 0 Å². The normalized spacial score (nSPS) is 10.3. The van der Waals surface area contributed by atoms with Crippen LogP contribution >= 0.6 is 11.5 Å². The second-order valence-electron chi connectivity index (χ2n) is 2.62. The number of carbonyl (C=O) groups excluding carboxylic acids is 1. The highest BCUT2D eigenvalue weighted by molar-refractivity contribution is 7.08. The summed E-state index contributed by atoms with van der Waals surface area (Å²) in [6.07, 6.45) is 0. The van der Waals surface area contributed by atoms with Crippen LogP contribution in [-0.4, -0.2) is 15.5 Å². The number of hydrogen-bond donors (Lipinski definition) is 2. The molecule has 0 unspecified atom stereocenters. The lowest BCUT2D eigenvalue weighted by molar-refractivity contribution is 0.0956. The van der Waals surface area contributed by atoms with Crippen molar-refractivity contribution in [3.63, 3.8) is 0 Å². The lowest BCUT2D eigenvalue weighted by atomic mass is 10.1. The van der Waals surface area contributed by atoms with Crippen LogP contribution in [-0.2, 0) is 0 Å². The monoisotopic (exact) mass is 186 g/mol. The molecule has 1 amide bonds. The fourth-order valence-corrected chi connectivity index (χ4v) is 1.52. The number of aromatic nitrogens is 2. The first-order chi connectivity index (χ1) is 5.66. The lowest BCUT2D eigenvalue weighted by Crippen LogP contribution is -2.30. The van der Waals surface area contributed by atoms with E-state index in [0.717, 1.165) is 11.5 Å². The number of nitrogens with one attached hydrogen (secondary N) is 1. The average Bonchev–Trinajstić information content (AvgIpc) is 2.50. The van der Waals surface area contributed by atoms with Crippen LogP contribution in [0.1, 0.15) is 35.1 Å². The van der Waals surface area contributed by atoms with Gasteiger partial charge < -0.3 is 0 Å². The maximum absolute atomic E-state index is 11.1. The third kappa shape index (κ3) is 1.59. The number of rotatable bonds is 2. The minimum absolute atomic E-state index is 0.191. The maximum atomic E-state index is 11.1. The molecule has 5 nitrogen and oxygen atoms in total. The van der Waals surface area contributed by atoms with Crippen molar-refractivity contribution in [3.8, 4) is 0 Å². The predicted octanol–water partition coefficient (Wildman–Crippen LogP) is 0.265. The third-order valence-electron chi connectivity index (χ3n) is 1.40. The molecule has 0 aromatic carbocycles. The van der Waals surface area contributed by atoms with Crippen molar-refractivity contribution >= 4 is 17.4 Å². The van der Waals surface area contributed by atoms with Gasteiger partial charge in [-0.3, -0.25) is 10.2 Å². The molecule has 0 aliphatic carbocycles. The molecule has 0 bridgehead atoms. The highest BCUT2D eigenvalue weighted by Gasteiger charge is 2.17. The summed E-state index contributed by atoms with van der Waals surface area (Å²) in [5.41, 5.74) is 2.75. The van der Waals surface area contributed by atoms with Crippen LogP contribution in [0.4, 0.5) is 0 Å². The molecule has 1 aromatic heterocycles. The minimum Gasteiger partial charge on any atom is -0.289 e. The molecule has 0 atom stereocenters. The first-order valence-corrected chi connectivity index (χ1v) is 4.27. The topological polar surface area (TPSA) is 80.9 Å². The first kappa shape index (κ1) is 9.08. The van der Waals surface area contributed by atoms with E-state index in [0.29, 0.717) is 10.6 Å². The van der Waals surface area contributed by atoms with Gasteiger partial charge in [-0.05, 0) is 17.5 Å². The number of amides is 1. The lowest BCUT2D eigenvalue weighted by Gasteiger charge is -2.01. The quantitative estimate of drug-likeness (QED) is 0.394. The molecule has 3 N–H and O–H groups in total. The summed E-state index contributed by atoms with van der Waals surface area (Å²) in [5.74, 6) is 4.85. The zero-order valence-corrected chi connectivity index (χ0v) is 7.68. The molecule has 1 rings (SSSR count). The predicted molar refractivity (Wildman–Crippen MR) is 45.7 cm³/mol. The summed E-state index contributed by atoms with van der Waals surface area (Å²) >= 11 is 1.06. The van der Waals surface area contributed by atoms with Gasteiger partial charge >= 0.3 is 0 Å². The van der Waals surface area contributed by atoms with Crippen LogP contribution in [0.5, 0.6) is 0 Å². The van der Waals surface area contributed by atoms with Gasteiger partial charge in [-0.15, -0.1) is 5.10 Å². The zero-order valence-electron chi connectivity index (χ0n) is 6.87. The number of carbonyl (C=O) groups is 1. The molecule has 1 heterocycles. The first-order valence-electron chi connectivity index (χ1n) is 3.50. The van der Waals surface area contributed by atoms with Gasteiger partial charge in [0, 0.05) is 0 Å². The zero-order chi connectivity index (χ0) is 9.14. The van der Waals surface area contributed by atoms with Gasteiger partial charge in [0.05, 0.1) is 5.69 Å². The van der Waals surface area contributed by atoms with Gasteiger partial charge in [0.25, 0.3) is 5.91 Å². The molecule has 12 heavy (non-hydrogen) atoms. The Hall–Kier alpha value is -1.01. The van der Waals surface area contributed by atoms with Gasteiger partial charge in [-0.25, -0.2) is 5.84 Å². The van der Waals surface area contributed by atoms with E-state index in [-0.39, 0.29) is 11.8 Å². The van der Waals surface area contributed by atoms with Gasteiger partial charge in [-0.1, -0.05) is 18.3 Å². The van der Waals surface area contributed by atoms with Gasteiger partial charge in [-0.2, -0.15) is 0 Å². The smallest absolute Gasteiger partial charge is 0.278 e. The van der Waals surface area contributed by atoms with Crippen molar-refractivity contribution in [2.45, 2.75) is 19.8 Å². The van der Waals surface area contributed by atoms with Gasteiger partial charge in [0.2, 0.25) is 0 Å². The molecule has 0 fully saturated rings. The Kier molecular flexibility index (Phi) is 2.72. The van der Waals surface area contributed by atoms with E-state index >= 15 is 0 Å². The highest BCUT2D eigenvalue weighted by Crippen LogP contribution is 2.18. The second-order valence-corrected chi connectivity index (χ2v) is 3.37. The van der Waals surface area contributed by atoms with E-state index in [1.807, 2.05) is 13.8 Å². The Morgan fingerprint density at radius 2 is 2.33 bits per heavy atom. The van der Waals surface area contributed by atoms with Crippen LogP contribution < -0.4 is 11.3 Å². The summed E-state index contributed by atoms with van der Waals surface area (Å²) in [6.45, 7) is 3.90. The van der Waals surface area contributed by atoms with Gasteiger partial charge in [0.15, 0.2) is 0 Å². The Morgan fingerprint density at radius 1 is 1.67 bits per heavy atom. The number of nitrogens with zero attached hydrogens (tertiary/aromatic N) is 2. The van der Waals surface area contributed by atoms with E-state index in [1.165, 1.54) is 0 Å². The summed E-state index contributed by atoms with van der Waals surface area (Å²) in [4.78, 5) is 11.6. The summed E-state index contributed by atoms with van der Waals surface area (Å²) in [6, 6.07) is 0. The van der Waals surface area contributed by atoms with E-state index in [2.05, 4.69) is 15.0 Å². The van der Waals surface area contributed by atoms with Crippen molar-refractivity contribution in [2.75, 3.05) is 0 Å². The number of nitrogen functional groups attached to an aromatic ring is 1. The van der Waals surface area contributed by atoms with E-state index in [9.17, 15) is 4.79 Å². The molecule has 0 saturated carbocycles. The van der Waals surface area contributed by atoms with Crippen LogP contribution in [0, 0.1) is 0 Å². The van der Waals surface area contributed by atoms with E-state index in [4.69, 9.17) is 5.84 Å². The summed E-state index contributed by atoms with van der Waals surface area (Å²) in [5, 5.41) is 3.84. The second kappa shape index (κ2) is 3.59. The Labute approximate surface area is 74.1 Å². The largest absolute Gasteiger partial charge is 0.289 e. The van der Waals surface area contributed by atoms with E-state index in [1.54, 1.807) is 0 Å². The molecule has 0 saturated heterocycles. The molecular weight excluding hydrogens is 176 g/mol. The molecule has 66 valence electrons. The Balaban J connectivity index is 2.99. The van der Waals surface area contributed by atoms with Crippen LogP contribution in [0.2, 0.25) is 0 Å².